The van der Waals surface area contributed by atoms with E-state index in [9.17, 15) is 4.79 Å². The van der Waals surface area contributed by atoms with Crippen LogP contribution in [0.3, 0.4) is 0 Å². The van der Waals surface area contributed by atoms with Crippen LogP contribution in [0, 0.1) is 0 Å². The van der Waals surface area contributed by atoms with Gasteiger partial charge in [-0.15, -0.1) is 0 Å². The lowest BCUT2D eigenvalue weighted by Crippen LogP contribution is -2.08. The molecule has 4 rings (SSSR count). The first-order valence-electron chi connectivity index (χ1n) is 9.08. The molecule has 0 N–H and O–H groups in total. The van der Waals surface area contributed by atoms with Crippen molar-refractivity contribution in [3.05, 3.63) is 114 Å². The summed E-state index contributed by atoms with van der Waals surface area (Å²) < 4.78 is 0. The minimum absolute atomic E-state index is 0.0497. The zero-order chi connectivity index (χ0) is 18.6. The van der Waals surface area contributed by atoms with Crippen LogP contribution in [0.25, 0.3) is 22.3 Å². The molecule has 0 fully saturated rings. The van der Waals surface area contributed by atoms with E-state index in [-0.39, 0.29) is 5.78 Å². The van der Waals surface area contributed by atoms with Crippen molar-refractivity contribution in [1.82, 2.24) is 0 Å². The lowest BCUT2D eigenvalue weighted by Gasteiger charge is -2.11. The first-order chi connectivity index (χ1) is 13.2. The van der Waals surface area contributed by atoms with Crippen LogP contribution in [0.1, 0.15) is 15.9 Å². The van der Waals surface area contributed by atoms with Crippen molar-refractivity contribution in [2.24, 2.45) is 0 Å². The average Bonchev–Trinajstić information content (AvgIpc) is 2.74. The van der Waals surface area contributed by atoms with Crippen molar-refractivity contribution in [1.29, 1.82) is 0 Å². The van der Waals surface area contributed by atoms with Gasteiger partial charge in [-0.3, -0.25) is 4.79 Å². The van der Waals surface area contributed by atoms with Gasteiger partial charge in [0.25, 0.3) is 0 Å². The summed E-state index contributed by atoms with van der Waals surface area (Å²) in [5, 5.41) is 0. The summed E-state index contributed by atoms with van der Waals surface area (Å²) in [6.07, 6.45) is 0. The zero-order valence-corrected chi connectivity index (χ0v) is 15.2. The molecule has 0 aliphatic heterocycles. The SMILES string of the molecule is Bc1cccc(C(=O)c2cc(-c3ccccc3)cc(-c3ccccc3)c2)c1. The molecule has 0 saturated heterocycles. The van der Waals surface area contributed by atoms with Crippen LogP contribution in [0.15, 0.2) is 103 Å². The zero-order valence-electron chi connectivity index (χ0n) is 15.2. The molecule has 4 aromatic rings. The number of benzene rings is 4. The first-order valence-corrected chi connectivity index (χ1v) is 9.08. The fraction of sp³-hybridized carbons (Fsp3) is 0. The van der Waals surface area contributed by atoms with Crippen LogP contribution in [-0.4, -0.2) is 13.6 Å². The minimum atomic E-state index is 0.0497. The summed E-state index contributed by atoms with van der Waals surface area (Å²) in [6, 6.07) is 34.3. The average molecular weight is 346 g/mol. The Kier molecular flexibility index (Phi) is 4.72. The van der Waals surface area contributed by atoms with Gasteiger partial charge in [0.1, 0.15) is 7.85 Å². The number of carbonyl (C=O) groups is 1. The van der Waals surface area contributed by atoms with Gasteiger partial charge in [0.05, 0.1) is 0 Å². The predicted molar refractivity (Wildman–Crippen MR) is 115 cm³/mol. The standard InChI is InChI=1S/C25H19BO/c26-24-13-7-12-20(17-24)25(27)23-15-21(18-8-3-1-4-9-18)14-22(16-23)19-10-5-2-6-11-19/h1-17H,26H2. The number of hydrogen-bond donors (Lipinski definition) is 0. The predicted octanol–water partition coefficient (Wildman–Crippen LogP) is 4.51. The Morgan fingerprint density at radius 1 is 0.519 bits per heavy atom. The molecular weight excluding hydrogens is 327 g/mol. The highest BCUT2D eigenvalue weighted by atomic mass is 16.1. The summed E-state index contributed by atoms with van der Waals surface area (Å²) in [6.45, 7) is 0. The number of ketones is 1. The molecule has 0 saturated carbocycles. The third-order valence-corrected chi connectivity index (χ3v) is 4.69. The highest BCUT2D eigenvalue weighted by molar-refractivity contribution is 6.33. The van der Waals surface area contributed by atoms with Gasteiger partial charge >= 0.3 is 0 Å². The fourth-order valence-corrected chi connectivity index (χ4v) is 3.31. The molecule has 0 amide bonds. The van der Waals surface area contributed by atoms with Gasteiger partial charge in [-0.25, -0.2) is 0 Å². The number of carbonyl (C=O) groups excluding carboxylic acids is 1. The van der Waals surface area contributed by atoms with Crippen molar-refractivity contribution in [2.45, 2.75) is 0 Å². The maximum atomic E-state index is 13.2. The van der Waals surface area contributed by atoms with E-state index in [1.165, 1.54) is 0 Å². The van der Waals surface area contributed by atoms with Gasteiger partial charge < -0.3 is 0 Å². The Labute approximate surface area is 160 Å². The number of rotatable bonds is 4. The van der Waals surface area contributed by atoms with Gasteiger partial charge in [0.2, 0.25) is 0 Å². The number of hydrogen-bond acceptors (Lipinski definition) is 1. The summed E-state index contributed by atoms with van der Waals surface area (Å²) in [7, 11) is 2.01. The molecule has 4 aromatic carbocycles. The topological polar surface area (TPSA) is 17.1 Å². The molecule has 2 heteroatoms. The molecule has 0 aliphatic carbocycles. The molecule has 0 unspecified atom stereocenters. The second-order valence-electron chi connectivity index (χ2n) is 6.73. The van der Waals surface area contributed by atoms with Crippen LogP contribution in [-0.2, 0) is 0 Å². The van der Waals surface area contributed by atoms with Gasteiger partial charge in [-0.2, -0.15) is 0 Å². The maximum absolute atomic E-state index is 13.2. The van der Waals surface area contributed by atoms with E-state index in [2.05, 4.69) is 30.3 Å². The van der Waals surface area contributed by atoms with E-state index in [4.69, 9.17) is 0 Å². The molecule has 1 nitrogen and oxygen atoms in total. The lowest BCUT2D eigenvalue weighted by molar-refractivity contribution is 0.103. The van der Waals surface area contributed by atoms with Crippen LogP contribution < -0.4 is 5.46 Å². The van der Waals surface area contributed by atoms with E-state index >= 15 is 0 Å². The van der Waals surface area contributed by atoms with Crippen LogP contribution in [0.4, 0.5) is 0 Å². The highest BCUT2D eigenvalue weighted by Gasteiger charge is 2.13. The highest BCUT2D eigenvalue weighted by Crippen LogP contribution is 2.29. The third kappa shape index (κ3) is 3.75. The Bertz CT molecular complexity index is 1030. The van der Waals surface area contributed by atoms with Crippen molar-refractivity contribution in [3.63, 3.8) is 0 Å². The summed E-state index contributed by atoms with van der Waals surface area (Å²) >= 11 is 0. The quantitative estimate of drug-likeness (QED) is 0.393. The second-order valence-corrected chi connectivity index (χ2v) is 6.73. The Morgan fingerprint density at radius 3 is 1.59 bits per heavy atom. The lowest BCUT2D eigenvalue weighted by atomic mass is 9.90. The molecule has 27 heavy (non-hydrogen) atoms. The largest absolute Gasteiger partial charge is 0.289 e. The van der Waals surface area contributed by atoms with E-state index in [0.29, 0.717) is 5.56 Å². The van der Waals surface area contributed by atoms with Crippen molar-refractivity contribution in [3.8, 4) is 22.3 Å². The summed E-state index contributed by atoms with van der Waals surface area (Å²) in [5.41, 5.74) is 6.83. The minimum Gasteiger partial charge on any atom is -0.289 e. The molecule has 0 aromatic heterocycles. The van der Waals surface area contributed by atoms with Crippen LogP contribution >= 0.6 is 0 Å². The van der Waals surface area contributed by atoms with Crippen LogP contribution in [0.5, 0.6) is 0 Å². The molecule has 0 atom stereocenters. The first kappa shape index (κ1) is 17.1. The molecule has 0 bridgehead atoms. The van der Waals surface area contributed by atoms with E-state index in [0.717, 1.165) is 33.3 Å². The molecule has 0 radical (unpaired) electrons. The van der Waals surface area contributed by atoms with Crippen molar-refractivity contribution in [2.75, 3.05) is 0 Å². The van der Waals surface area contributed by atoms with Gasteiger partial charge in [0, 0.05) is 11.1 Å². The Morgan fingerprint density at radius 2 is 1.07 bits per heavy atom. The Hall–Kier alpha value is -3.39. The molecular formula is C25H19BO. The van der Waals surface area contributed by atoms with Gasteiger partial charge in [-0.05, 0) is 40.5 Å². The van der Waals surface area contributed by atoms with E-state index in [1.807, 2.05) is 80.6 Å². The molecule has 0 aliphatic rings. The molecule has 128 valence electrons. The Balaban J connectivity index is 1.87. The fourth-order valence-electron chi connectivity index (χ4n) is 3.31. The normalized spacial score (nSPS) is 10.5. The molecule has 0 spiro atoms. The summed E-state index contributed by atoms with van der Waals surface area (Å²) in [4.78, 5) is 13.2. The van der Waals surface area contributed by atoms with Crippen molar-refractivity contribution < 1.29 is 4.79 Å². The second kappa shape index (κ2) is 7.47. The van der Waals surface area contributed by atoms with E-state index < -0.39 is 0 Å². The summed E-state index contributed by atoms with van der Waals surface area (Å²) in [5.74, 6) is 0.0497. The maximum Gasteiger partial charge on any atom is 0.193 e. The molecule has 0 heterocycles. The third-order valence-electron chi connectivity index (χ3n) is 4.69. The van der Waals surface area contributed by atoms with Crippen molar-refractivity contribution >= 4 is 19.1 Å². The monoisotopic (exact) mass is 346 g/mol. The van der Waals surface area contributed by atoms with E-state index in [1.54, 1.807) is 0 Å². The smallest absolute Gasteiger partial charge is 0.193 e. The van der Waals surface area contributed by atoms with Gasteiger partial charge in [-0.1, -0.05) is 90.4 Å². The van der Waals surface area contributed by atoms with Gasteiger partial charge in [0.15, 0.2) is 5.78 Å². The van der Waals surface area contributed by atoms with Crippen LogP contribution in [0.2, 0.25) is 0 Å².